The number of phenolic OH excluding ortho intramolecular Hbond substituents is 1. The lowest BCUT2D eigenvalue weighted by Crippen LogP contribution is -2.56. The minimum atomic E-state index is -1.35. The number of aliphatic carboxylic acids is 1. The minimum absolute atomic E-state index is 0.0165. The molecule has 12 nitrogen and oxygen atoms in total. The second-order valence-corrected chi connectivity index (χ2v) is 11.0. The Morgan fingerprint density at radius 1 is 1.18 bits per heavy atom. The van der Waals surface area contributed by atoms with Gasteiger partial charge in [0.25, 0.3) is 5.09 Å². The zero-order valence-electron chi connectivity index (χ0n) is 22.3. The fourth-order valence-corrected chi connectivity index (χ4v) is 5.51. The van der Waals surface area contributed by atoms with E-state index in [1.165, 1.54) is 12.1 Å². The summed E-state index contributed by atoms with van der Waals surface area (Å²) in [5, 5.41) is 29.3. The molecule has 1 aromatic rings. The van der Waals surface area contributed by atoms with Gasteiger partial charge in [0.05, 0.1) is 18.6 Å². The number of carboxylic acids is 1. The van der Waals surface area contributed by atoms with Crippen molar-refractivity contribution in [2.75, 3.05) is 13.2 Å². The maximum Gasteiger partial charge on any atom is 0.336 e. The molecule has 0 amide bonds. The molecule has 0 radical (unpaired) electrons. The molecule has 2 N–H and O–H groups in total. The highest BCUT2D eigenvalue weighted by Gasteiger charge is 2.59. The number of ether oxygens (including phenoxy) is 2. The molecule has 3 aliphatic carbocycles. The third kappa shape index (κ3) is 6.37. The molecular formula is C27H33NO11. The summed E-state index contributed by atoms with van der Waals surface area (Å²) >= 11 is 0. The summed E-state index contributed by atoms with van der Waals surface area (Å²) in [6.45, 7) is 6.95. The van der Waals surface area contributed by atoms with E-state index in [0.29, 0.717) is 25.3 Å². The van der Waals surface area contributed by atoms with Crippen LogP contribution in [0.2, 0.25) is 0 Å². The Hall–Kier alpha value is -3.96. The normalized spacial score (nSPS) is 21.6. The van der Waals surface area contributed by atoms with E-state index in [1.54, 1.807) is 13.8 Å². The number of ketones is 1. The highest BCUT2D eigenvalue weighted by atomic mass is 16.9. The number of aromatic hydroxyl groups is 1. The Kier molecular flexibility index (Phi) is 8.67. The standard InChI is InChI=1S/C27H33NO11/c1-26(2,25(34)37-9-5-6-10-38-28(35)36)15-11-20(30)24(21(12-15)39-23(33)8-7-22(31)32)16-13-19(29)18-14-17(16)27(18,3)4/h7-8,11-12,16-18,30H,5-6,9-10,13-14H2,1-4H3,(H,31,32)/b8-7+/t16-,17-,18+/m0/s1. The van der Waals surface area contributed by atoms with Crippen LogP contribution in [0.1, 0.15) is 70.4 Å². The Labute approximate surface area is 225 Å². The van der Waals surface area contributed by atoms with Gasteiger partial charge in [-0.25, -0.2) is 9.59 Å². The fourth-order valence-electron chi connectivity index (χ4n) is 5.51. The number of nitrogens with zero attached hydrogens (tertiary/aromatic N) is 1. The van der Waals surface area contributed by atoms with Gasteiger partial charge in [-0.05, 0) is 62.1 Å². The monoisotopic (exact) mass is 547 g/mol. The number of Topliss-reactive ketones (excluding diaryl/α,β-unsaturated/α-hetero) is 1. The van der Waals surface area contributed by atoms with Crippen molar-refractivity contribution in [1.82, 2.24) is 0 Å². The topological polar surface area (TPSA) is 180 Å². The summed E-state index contributed by atoms with van der Waals surface area (Å²) in [5.41, 5.74) is -1.09. The SMILES string of the molecule is CC(C)(C(=O)OCCCCO[N+](=O)[O-])c1cc(O)c([C@H]2CC(=O)[C@H]3C[C@@H]2C3(C)C)c(OC(=O)/C=C/C(=O)O)c1. The van der Waals surface area contributed by atoms with Crippen LogP contribution in [0.4, 0.5) is 0 Å². The van der Waals surface area contributed by atoms with Gasteiger partial charge in [-0.3, -0.25) is 9.59 Å². The van der Waals surface area contributed by atoms with E-state index in [0.717, 1.165) is 6.08 Å². The van der Waals surface area contributed by atoms with Crippen molar-refractivity contribution in [2.45, 2.75) is 64.7 Å². The molecule has 0 aromatic heterocycles. The van der Waals surface area contributed by atoms with Gasteiger partial charge in [0.2, 0.25) is 0 Å². The zero-order valence-corrected chi connectivity index (χ0v) is 22.3. The number of carbonyl (C=O) groups is 4. The second kappa shape index (κ2) is 11.4. The molecule has 12 heteroatoms. The molecule has 0 unspecified atom stereocenters. The van der Waals surface area contributed by atoms with E-state index in [2.05, 4.69) is 4.84 Å². The van der Waals surface area contributed by atoms with E-state index < -0.39 is 34.3 Å². The zero-order chi connectivity index (χ0) is 29.1. The lowest BCUT2D eigenvalue weighted by Gasteiger charge is -2.59. The van der Waals surface area contributed by atoms with Gasteiger partial charge >= 0.3 is 17.9 Å². The van der Waals surface area contributed by atoms with Crippen molar-refractivity contribution in [1.29, 1.82) is 0 Å². The molecule has 212 valence electrons. The van der Waals surface area contributed by atoms with Gasteiger partial charge < -0.3 is 24.5 Å². The van der Waals surface area contributed by atoms with Crippen LogP contribution in [0.25, 0.3) is 0 Å². The summed E-state index contributed by atoms with van der Waals surface area (Å²) in [7, 11) is 0. The molecule has 1 aromatic carbocycles. The number of carboxylic acid groups (broad SMARTS) is 1. The molecule has 0 aliphatic heterocycles. The smallest absolute Gasteiger partial charge is 0.336 e. The summed E-state index contributed by atoms with van der Waals surface area (Å²) in [5.74, 6) is -3.72. The Morgan fingerprint density at radius 3 is 2.44 bits per heavy atom. The molecular weight excluding hydrogens is 514 g/mol. The maximum atomic E-state index is 12.9. The van der Waals surface area contributed by atoms with Crippen LogP contribution in [-0.2, 0) is 34.2 Å². The van der Waals surface area contributed by atoms with Crippen LogP contribution >= 0.6 is 0 Å². The van der Waals surface area contributed by atoms with Crippen molar-refractivity contribution in [2.24, 2.45) is 17.3 Å². The van der Waals surface area contributed by atoms with Crippen LogP contribution in [0, 0.1) is 27.4 Å². The van der Waals surface area contributed by atoms with Gasteiger partial charge in [-0.1, -0.05) is 13.8 Å². The van der Waals surface area contributed by atoms with Gasteiger partial charge in [0.1, 0.15) is 17.3 Å². The van der Waals surface area contributed by atoms with Gasteiger partial charge in [-0.2, -0.15) is 0 Å². The van der Waals surface area contributed by atoms with Crippen LogP contribution in [0.15, 0.2) is 24.3 Å². The molecule has 2 bridgehead atoms. The lowest BCUT2D eigenvalue weighted by atomic mass is 9.44. The fraction of sp³-hybridized carbons (Fsp3) is 0.556. The number of fused-ring (bicyclic) bond motifs is 2. The third-order valence-electron chi connectivity index (χ3n) is 7.90. The number of esters is 2. The van der Waals surface area contributed by atoms with Crippen LogP contribution in [-0.4, -0.2) is 52.2 Å². The number of benzene rings is 1. The quantitative estimate of drug-likeness (QED) is 0.0977. The number of unbranched alkanes of at least 4 members (excludes halogenated alkanes) is 1. The van der Waals surface area contributed by atoms with Crippen molar-refractivity contribution in [3.05, 3.63) is 45.5 Å². The summed E-state index contributed by atoms with van der Waals surface area (Å²) in [6.07, 6.45) is 2.78. The molecule has 3 atom stereocenters. The number of hydrogen-bond donors (Lipinski definition) is 2. The van der Waals surface area contributed by atoms with E-state index in [1.807, 2.05) is 13.8 Å². The summed E-state index contributed by atoms with van der Waals surface area (Å²) in [6, 6.07) is 2.81. The maximum absolute atomic E-state index is 12.9. The molecule has 39 heavy (non-hydrogen) atoms. The highest BCUT2D eigenvalue weighted by Crippen LogP contribution is 2.64. The predicted octanol–water partition coefficient (Wildman–Crippen LogP) is 3.47. The first-order valence-corrected chi connectivity index (χ1v) is 12.6. The van der Waals surface area contributed by atoms with E-state index >= 15 is 0 Å². The molecule has 3 saturated carbocycles. The van der Waals surface area contributed by atoms with E-state index in [-0.39, 0.29) is 65.3 Å². The molecule has 0 saturated heterocycles. The van der Waals surface area contributed by atoms with Crippen molar-refractivity contribution < 1.29 is 48.8 Å². The van der Waals surface area contributed by atoms with Crippen molar-refractivity contribution >= 4 is 23.7 Å². The van der Waals surface area contributed by atoms with Crippen LogP contribution < -0.4 is 4.74 Å². The number of carbonyl (C=O) groups excluding carboxylic acids is 3. The average Bonchev–Trinajstić information content (AvgIpc) is 2.83. The predicted molar refractivity (Wildman–Crippen MR) is 134 cm³/mol. The van der Waals surface area contributed by atoms with Gasteiger partial charge in [-0.15, -0.1) is 10.1 Å². The number of phenols is 1. The average molecular weight is 548 g/mol. The first-order valence-electron chi connectivity index (χ1n) is 12.6. The van der Waals surface area contributed by atoms with Crippen LogP contribution in [0.5, 0.6) is 11.5 Å². The van der Waals surface area contributed by atoms with Gasteiger partial charge in [0, 0.05) is 36.0 Å². The summed E-state index contributed by atoms with van der Waals surface area (Å²) in [4.78, 5) is 63.5. The molecule has 3 fully saturated rings. The van der Waals surface area contributed by atoms with Crippen LogP contribution in [0.3, 0.4) is 0 Å². The first kappa shape index (κ1) is 29.6. The molecule has 4 rings (SSSR count). The van der Waals surface area contributed by atoms with E-state index in [9.17, 15) is 34.4 Å². The van der Waals surface area contributed by atoms with E-state index in [4.69, 9.17) is 14.6 Å². The van der Waals surface area contributed by atoms with Crippen molar-refractivity contribution in [3.63, 3.8) is 0 Å². The lowest BCUT2D eigenvalue weighted by molar-refractivity contribution is -0.757. The van der Waals surface area contributed by atoms with Gasteiger partial charge in [0.15, 0.2) is 0 Å². The molecule has 3 aliphatic rings. The third-order valence-corrected chi connectivity index (χ3v) is 7.90. The number of hydrogen-bond acceptors (Lipinski definition) is 10. The molecule has 0 heterocycles. The Balaban J connectivity index is 1.89. The minimum Gasteiger partial charge on any atom is -0.508 e. The molecule has 0 spiro atoms. The Morgan fingerprint density at radius 2 is 1.85 bits per heavy atom. The van der Waals surface area contributed by atoms with Crippen molar-refractivity contribution in [3.8, 4) is 11.5 Å². The number of rotatable bonds is 12. The second-order valence-electron chi connectivity index (χ2n) is 11.0. The Bertz CT molecular complexity index is 1200. The first-order chi connectivity index (χ1) is 18.2. The highest BCUT2D eigenvalue weighted by molar-refractivity contribution is 5.92. The largest absolute Gasteiger partial charge is 0.508 e. The summed E-state index contributed by atoms with van der Waals surface area (Å²) < 4.78 is 10.8.